The first kappa shape index (κ1) is 19.2. The van der Waals surface area contributed by atoms with Crippen molar-refractivity contribution < 1.29 is 9.53 Å². The molecule has 0 aliphatic rings. The molecule has 0 radical (unpaired) electrons. The summed E-state index contributed by atoms with van der Waals surface area (Å²) in [7, 11) is 0. The zero-order chi connectivity index (χ0) is 18.4. The summed E-state index contributed by atoms with van der Waals surface area (Å²) in [6, 6.07) is 14.9. The topological polar surface area (TPSA) is 64.1 Å². The molecule has 0 bridgehead atoms. The summed E-state index contributed by atoms with van der Waals surface area (Å²) in [4.78, 5) is 11.9. The second kappa shape index (κ2) is 9.36. The van der Waals surface area contributed by atoms with Crippen LogP contribution in [-0.2, 0) is 10.5 Å². The Labute approximate surface area is 172 Å². The molecule has 2 aromatic carbocycles. The fourth-order valence-corrected chi connectivity index (χ4v) is 3.99. The first-order valence-corrected chi connectivity index (χ1v) is 10.4. The molecule has 1 N–H and O–H groups in total. The summed E-state index contributed by atoms with van der Waals surface area (Å²) in [6.07, 6.45) is 0. The van der Waals surface area contributed by atoms with Gasteiger partial charge in [-0.25, -0.2) is 0 Å². The van der Waals surface area contributed by atoms with Crippen molar-refractivity contribution in [3.8, 4) is 5.75 Å². The number of hydrogen-bond donors (Lipinski definition) is 1. The van der Waals surface area contributed by atoms with Crippen molar-refractivity contribution in [1.82, 2.24) is 10.2 Å². The van der Waals surface area contributed by atoms with E-state index >= 15 is 0 Å². The van der Waals surface area contributed by atoms with Crippen LogP contribution in [0.3, 0.4) is 0 Å². The monoisotopic (exact) mass is 469 g/mol. The molecule has 0 saturated carbocycles. The van der Waals surface area contributed by atoms with Crippen LogP contribution in [0.25, 0.3) is 0 Å². The molecule has 3 rings (SSSR count). The minimum Gasteiger partial charge on any atom is -0.484 e. The lowest BCUT2D eigenvalue weighted by atomic mass is 10.2. The Morgan fingerprint density at radius 2 is 1.88 bits per heavy atom. The average molecular weight is 471 g/mol. The van der Waals surface area contributed by atoms with Crippen LogP contribution in [0.15, 0.2) is 57.3 Å². The van der Waals surface area contributed by atoms with E-state index in [9.17, 15) is 4.79 Å². The van der Waals surface area contributed by atoms with Gasteiger partial charge in [0.05, 0.1) is 0 Å². The average Bonchev–Trinajstić information content (AvgIpc) is 3.08. The fourth-order valence-electron chi connectivity index (χ4n) is 1.88. The molecule has 0 aliphatic heterocycles. The van der Waals surface area contributed by atoms with Crippen molar-refractivity contribution in [2.24, 2.45) is 0 Å². The molecule has 0 fully saturated rings. The predicted molar refractivity (Wildman–Crippen MR) is 109 cm³/mol. The Morgan fingerprint density at radius 1 is 1.15 bits per heavy atom. The zero-order valence-corrected chi connectivity index (χ0v) is 17.3. The van der Waals surface area contributed by atoms with Crippen LogP contribution in [0.2, 0.25) is 5.02 Å². The second-order valence-electron chi connectivity index (χ2n) is 5.08. The number of carbonyl (C=O) groups is 1. The Kier molecular flexibility index (Phi) is 6.90. The number of nitrogens with zero attached hydrogens (tertiary/aromatic N) is 2. The van der Waals surface area contributed by atoms with Crippen LogP contribution in [0.4, 0.5) is 5.13 Å². The van der Waals surface area contributed by atoms with E-state index in [4.69, 9.17) is 16.3 Å². The van der Waals surface area contributed by atoms with Gasteiger partial charge in [-0.2, -0.15) is 0 Å². The molecule has 0 aliphatic carbocycles. The SMILES string of the molecule is O=C(COc1ccc(Br)cc1)Nc1nnc(SCc2ccc(Cl)cc2)s1. The number of hydrogen-bond acceptors (Lipinski definition) is 6. The van der Waals surface area contributed by atoms with Gasteiger partial charge in [-0.1, -0.05) is 62.8 Å². The van der Waals surface area contributed by atoms with Gasteiger partial charge in [-0.3, -0.25) is 10.1 Å². The van der Waals surface area contributed by atoms with Crippen molar-refractivity contribution >= 4 is 61.7 Å². The van der Waals surface area contributed by atoms with Gasteiger partial charge in [0.25, 0.3) is 5.91 Å². The number of aromatic nitrogens is 2. The van der Waals surface area contributed by atoms with Crippen LogP contribution < -0.4 is 10.1 Å². The van der Waals surface area contributed by atoms with Crippen molar-refractivity contribution in [2.75, 3.05) is 11.9 Å². The van der Waals surface area contributed by atoms with Crippen LogP contribution in [0, 0.1) is 0 Å². The third-order valence-electron chi connectivity index (χ3n) is 3.11. The number of rotatable bonds is 7. The van der Waals surface area contributed by atoms with Gasteiger partial charge in [-0.05, 0) is 42.0 Å². The predicted octanol–water partition coefficient (Wildman–Crippen LogP) is 5.26. The summed E-state index contributed by atoms with van der Waals surface area (Å²) in [5, 5.41) is 11.9. The number of carbonyl (C=O) groups excluding carboxylic acids is 1. The molecular formula is C17H13BrClN3O2S2. The number of anilines is 1. The number of ether oxygens (including phenoxy) is 1. The maximum absolute atomic E-state index is 11.9. The van der Waals surface area contributed by atoms with E-state index in [2.05, 4.69) is 31.4 Å². The summed E-state index contributed by atoms with van der Waals surface area (Å²) in [5.74, 6) is 1.10. The minimum atomic E-state index is -0.279. The van der Waals surface area contributed by atoms with Crippen molar-refractivity contribution in [3.05, 3.63) is 63.6 Å². The standard InChI is InChI=1S/C17H13BrClN3O2S2/c18-12-3-7-14(8-4-12)24-9-15(23)20-16-21-22-17(26-16)25-10-11-1-5-13(19)6-2-11/h1-8H,9-10H2,(H,20,21,23). The molecular weight excluding hydrogens is 458 g/mol. The summed E-state index contributed by atoms with van der Waals surface area (Å²) >= 11 is 12.1. The normalized spacial score (nSPS) is 10.5. The van der Waals surface area contributed by atoms with Crippen LogP contribution >= 0.6 is 50.6 Å². The largest absolute Gasteiger partial charge is 0.484 e. The van der Waals surface area contributed by atoms with Crippen LogP contribution in [0.1, 0.15) is 5.56 Å². The van der Waals surface area contributed by atoms with E-state index in [0.29, 0.717) is 15.9 Å². The highest BCUT2D eigenvalue weighted by molar-refractivity contribution is 9.10. The van der Waals surface area contributed by atoms with E-state index in [-0.39, 0.29) is 12.5 Å². The smallest absolute Gasteiger partial charge is 0.264 e. The highest BCUT2D eigenvalue weighted by Gasteiger charge is 2.09. The molecule has 134 valence electrons. The van der Waals surface area contributed by atoms with Gasteiger partial charge in [-0.15, -0.1) is 10.2 Å². The van der Waals surface area contributed by atoms with Gasteiger partial charge in [0, 0.05) is 15.2 Å². The third-order valence-corrected chi connectivity index (χ3v) is 5.94. The molecule has 1 aromatic heterocycles. The number of halogens is 2. The van der Waals surface area contributed by atoms with Crippen molar-refractivity contribution in [1.29, 1.82) is 0 Å². The molecule has 3 aromatic rings. The van der Waals surface area contributed by atoms with E-state index in [1.165, 1.54) is 11.3 Å². The Balaban J connectivity index is 1.45. The fraction of sp³-hybridized carbons (Fsp3) is 0.118. The number of nitrogens with one attached hydrogen (secondary N) is 1. The van der Waals surface area contributed by atoms with Gasteiger partial charge in [0.15, 0.2) is 10.9 Å². The molecule has 1 amide bonds. The van der Waals surface area contributed by atoms with Crippen LogP contribution in [-0.4, -0.2) is 22.7 Å². The molecule has 5 nitrogen and oxygen atoms in total. The number of amides is 1. The first-order valence-electron chi connectivity index (χ1n) is 7.47. The van der Waals surface area contributed by atoms with E-state index in [1.54, 1.807) is 23.9 Å². The van der Waals surface area contributed by atoms with E-state index in [0.717, 1.165) is 20.1 Å². The highest BCUT2D eigenvalue weighted by atomic mass is 79.9. The summed E-state index contributed by atoms with van der Waals surface area (Å²) in [5.41, 5.74) is 1.14. The number of benzene rings is 2. The lowest BCUT2D eigenvalue weighted by Crippen LogP contribution is -2.20. The molecule has 0 atom stereocenters. The van der Waals surface area contributed by atoms with Crippen molar-refractivity contribution in [2.45, 2.75) is 10.1 Å². The lowest BCUT2D eigenvalue weighted by Gasteiger charge is -2.05. The minimum absolute atomic E-state index is 0.0888. The summed E-state index contributed by atoms with van der Waals surface area (Å²) in [6.45, 7) is -0.0888. The Morgan fingerprint density at radius 3 is 2.62 bits per heavy atom. The highest BCUT2D eigenvalue weighted by Crippen LogP contribution is 2.28. The van der Waals surface area contributed by atoms with Gasteiger partial charge in [0.2, 0.25) is 5.13 Å². The number of thioether (sulfide) groups is 1. The molecule has 26 heavy (non-hydrogen) atoms. The lowest BCUT2D eigenvalue weighted by molar-refractivity contribution is -0.118. The Hall–Kier alpha value is -1.61. The molecule has 0 saturated heterocycles. The quantitative estimate of drug-likeness (QED) is 0.377. The molecule has 9 heteroatoms. The van der Waals surface area contributed by atoms with Gasteiger partial charge in [0.1, 0.15) is 5.75 Å². The Bertz CT molecular complexity index is 872. The summed E-state index contributed by atoms with van der Waals surface area (Å²) < 4.78 is 7.16. The molecule has 0 unspecified atom stereocenters. The van der Waals surface area contributed by atoms with E-state index in [1.807, 2.05) is 36.4 Å². The second-order valence-corrected chi connectivity index (χ2v) is 8.63. The van der Waals surface area contributed by atoms with Crippen LogP contribution in [0.5, 0.6) is 5.75 Å². The van der Waals surface area contributed by atoms with Crippen molar-refractivity contribution in [3.63, 3.8) is 0 Å². The molecule has 1 heterocycles. The maximum Gasteiger partial charge on any atom is 0.264 e. The molecule has 0 spiro atoms. The van der Waals surface area contributed by atoms with E-state index < -0.39 is 0 Å². The first-order chi connectivity index (χ1) is 12.6. The zero-order valence-electron chi connectivity index (χ0n) is 13.3. The third kappa shape index (κ3) is 5.98. The maximum atomic E-state index is 11.9. The van der Waals surface area contributed by atoms with Gasteiger partial charge < -0.3 is 4.74 Å². The van der Waals surface area contributed by atoms with Gasteiger partial charge >= 0.3 is 0 Å².